The summed E-state index contributed by atoms with van der Waals surface area (Å²) in [5.41, 5.74) is 51.7. The molecule has 0 fully saturated rings. The van der Waals surface area contributed by atoms with Crippen LogP contribution in [0.4, 0.5) is 45.5 Å². The van der Waals surface area contributed by atoms with Gasteiger partial charge in [-0.25, -0.2) is 0 Å². The molecule has 586 valence electrons. The van der Waals surface area contributed by atoms with Crippen molar-refractivity contribution in [3.8, 4) is 45.7 Å². The third-order valence-corrected chi connectivity index (χ3v) is 28.4. The Morgan fingerprint density at radius 3 is 0.992 bits per heavy atom. The van der Waals surface area contributed by atoms with Crippen LogP contribution in [0, 0.1) is 104 Å². The van der Waals surface area contributed by atoms with Crippen LogP contribution in [-0.2, 0) is 0 Å². The summed E-state index contributed by atoms with van der Waals surface area (Å²) in [6.45, 7) is 33.0. The molecule has 0 saturated carbocycles. The van der Waals surface area contributed by atoms with E-state index in [2.05, 4.69) is 380 Å². The van der Waals surface area contributed by atoms with Crippen LogP contribution in [0.2, 0.25) is 0 Å². The second-order valence-electron chi connectivity index (χ2n) is 37.2. The maximum atomic E-state index is 8.14. The first-order valence-electron chi connectivity index (χ1n) is 43.6. The topological polar surface area (TPSA) is 56.7 Å². The van der Waals surface area contributed by atoms with E-state index in [9.17, 15) is 0 Å². The van der Waals surface area contributed by atoms with Gasteiger partial charge in [0.2, 0.25) is 0 Å². The van der Waals surface area contributed by atoms with Crippen molar-refractivity contribution < 1.29 is 9.47 Å². The van der Waals surface area contributed by atoms with E-state index in [1.807, 2.05) is 0 Å². The van der Waals surface area contributed by atoms with E-state index >= 15 is 0 Å². The van der Waals surface area contributed by atoms with Crippen LogP contribution < -0.4 is 73.8 Å². The van der Waals surface area contributed by atoms with Crippen molar-refractivity contribution >= 4 is 202 Å². The van der Waals surface area contributed by atoms with Crippen LogP contribution in [-0.4, -0.2) is 38.4 Å². The number of rotatable bonds is 5. The van der Waals surface area contributed by atoms with Gasteiger partial charge in [-0.3, -0.25) is 0 Å². The van der Waals surface area contributed by atoms with Gasteiger partial charge in [0.25, 0.3) is 20.1 Å². The largest absolute Gasteiger partial charge is 0.458 e. The van der Waals surface area contributed by atoms with Gasteiger partial charge in [-0.15, -0.1) is 0 Å². The lowest BCUT2D eigenvalue weighted by atomic mass is 9.29. The van der Waals surface area contributed by atoms with E-state index in [1.165, 1.54) is 182 Å². The molecule has 6 aliphatic rings. The maximum absolute atomic E-state index is 8.14. The minimum absolute atomic E-state index is 0.187. The fourth-order valence-electron chi connectivity index (χ4n) is 23.7. The Bertz CT molecular complexity index is 8190. The van der Waals surface area contributed by atoms with Gasteiger partial charge >= 0.3 is 0 Å². The molecule has 0 spiro atoms. The van der Waals surface area contributed by atoms with Gasteiger partial charge in [0.15, 0.2) is 0 Å². The highest BCUT2D eigenvalue weighted by Crippen LogP contribution is 2.53. The van der Waals surface area contributed by atoms with Crippen LogP contribution in [0.25, 0.3) is 110 Å². The lowest BCUT2D eigenvalue weighted by Gasteiger charge is -2.45. The first-order chi connectivity index (χ1) is 59.6. The van der Waals surface area contributed by atoms with Crippen molar-refractivity contribution in [2.45, 2.75) is 104 Å². The van der Waals surface area contributed by atoms with Crippen LogP contribution in [0.5, 0.6) is 23.0 Å². The Hall–Kier alpha value is -14.1. The third kappa shape index (κ3) is 9.66. The van der Waals surface area contributed by atoms with E-state index in [-0.39, 0.29) is 20.1 Å². The normalized spacial score (nSPS) is 13.6. The summed E-state index contributed by atoms with van der Waals surface area (Å²) in [4.78, 5) is 5.33. The summed E-state index contributed by atoms with van der Waals surface area (Å²) in [7, 11) is 0. The number of aromatic nitrogens is 4. The molecule has 1 N–H and O–H groups in total. The Morgan fingerprint density at radius 1 is 0.220 bits per heavy atom. The standard InChI is InChI=1S/C111H86B3N7O2/c1-56-16-24-90-74(36-56)75-37-57(2)17-25-91(75)116(90)71-46-89-106-99(47-71)119-96-30-22-62(7)42-80(96)81-43-66(11)45-87(111(81)119)112(106)82-52-86-103(54-88(82)115-89)123-105-51-73(118-94-28-20-60(5)40-78(94)79-41-61(6)21-29-95(79)118)49-101-108(105)114(86)84-53-83-97(55-98(84)121(101)110-69(14)34-65(10)35-70(110)15)120(109-67(12)32-64(9)33-68(109)13)100-48-72(50-104-107(100)113(83)85-44-63(8)23-31-102(85)122-104)117-92-26-18-58(3)38-76(92)77-39-59(4)19-27-93(77)117/h16-55,115H,1-15H3. The minimum atomic E-state index is -0.357. The number of aryl methyl sites for hydroxylation is 15. The molecule has 16 aromatic carbocycles. The van der Waals surface area contributed by atoms with Crippen LogP contribution in [0.15, 0.2) is 243 Å². The monoisotopic (exact) mass is 1580 g/mol. The molecule has 6 aliphatic heterocycles. The molecule has 20 aromatic rings. The van der Waals surface area contributed by atoms with Crippen molar-refractivity contribution in [2.24, 2.45) is 0 Å². The number of ether oxygens (including phenoxy) is 2. The van der Waals surface area contributed by atoms with Crippen LogP contribution in [0.3, 0.4) is 0 Å². The summed E-state index contributed by atoms with van der Waals surface area (Å²) < 4.78 is 25.9. The molecule has 4 aromatic heterocycles. The molecule has 0 unspecified atom stereocenters. The summed E-state index contributed by atoms with van der Waals surface area (Å²) in [5.74, 6) is 3.38. The quantitative estimate of drug-likeness (QED) is 0.174. The average molecular weight is 1580 g/mol. The molecule has 26 rings (SSSR count). The second-order valence-corrected chi connectivity index (χ2v) is 37.2. The Morgan fingerprint density at radius 2 is 0.553 bits per heavy atom. The van der Waals surface area contributed by atoms with Gasteiger partial charge in [-0.1, -0.05) is 158 Å². The maximum Gasteiger partial charge on any atom is 0.256 e. The molecule has 12 heteroatoms. The van der Waals surface area contributed by atoms with E-state index < -0.39 is 0 Å². The van der Waals surface area contributed by atoms with E-state index in [0.29, 0.717) is 0 Å². The highest BCUT2D eigenvalue weighted by atomic mass is 16.5. The van der Waals surface area contributed by atoms with Crippen LogP contribution >= 0.6 is 0 Å². The van der Waals surface area contributed by atoms with Crippen LogP contribution in [0.1, 0.15) is 83.5 Å². The Labute approximate surface area is 715 Å². The van der Waals surface area contributed by atoms with Gasteiger partial charge in [-0.2, -0.15) is 0 Å². The number of hydrogen-bond acceptors (Lipinski definition) is 5. The average Bonchev–Trinajstić information content (AvgIpc) is 1.63. The zero-order valence-corrected chi connectivity index (χ0v) is 71.8. The van der Waals surface area contributed by atoms with Crippen molar-refractivity contribution in [1.82, 2.24) is 18.3 Å². The lowest BCUT2D eigenvalue weighted by Crippen LogP contribution is -2.65. The molecule has 0 atom stereocenters. The molecule has 0 aliphatic carbocycles. The van der Waals surface area contributed by atoms with Gasteiger partial charge in [0, 0.05) is 107 Å². The SMILES string of the molecule is Cc1cc(C)c(N2c3cc4c(cc3B3c5cc(C)ccc5Oc5cc(-n6c7ccc(C)cc7c7cc(C)ccc76)cc2c53)B2c3cc5c(cc3Oc3cc(-n6c7ccc(C)cc7c7cc(C)ccc76)cc(c32)N4c2c(C)cc(C)cc2C)Nc2cc(-n3c4ccc(C)cc4c4cc(C)ccc43)cc3c2B5c2cc(C)cc4c5cc(C)ccc5n-3c24)c(C)c1. The molecule has 0 amide bonds. The summed E-state index contributed by atoms with van der Waals surface area (Å²) >= 11 is 0. The number of benzene rings is 16. The number of nitrogens with one attached hydrogen (secondary N) is 1. The Kier molecular flexibility index (Phi) is 14.1. The molecule has 0 bridgehead atoms. The first-order valence-corrected chi connectivity index (χ1v) is 43.6. The summed E-state index contributed by atoms with van der Waals surface area (Å²) in [6.07, 6.45) is 0. The Balaban J connectivity index is 0.787. The van der Waals surface area contributed by atoms with Crippen molar-refractivity contribution in [3.05, 3.63) is 326 Å². The highest BCUT2D eigenvalue weighted by molar-refractivity contribution is 7.04. The predicted molar refractivity (Wildman–Crippen MR) is 521 cm³/mol. The fourth-order valence-corrected chi connectivity index (χ4v) is 23.7. The summed E-state index contributed by atoms with van der Waals surface area (Å²) in [6, 6.07) is 95.3. The molecule has 123 heavy (non-hydrogen) atoms. The molecule has 0 radical (unpaired) electrons. The minimum Gasteiger partial charge on any atom is -0.458 e. The predicted octanol–water partition coefficient (Wildman–Crippen LogP) is 22.4. The zero-order chi connectivity index (χ0) is 82.9. The molecular weight excluding hydrogens is 1500 g/mol. The van der Waals surface area contributed by atoms with Crippen molar-refractivity contribution in [2.75, 3.05) is 15.1 Å². The van der Waals surface area contributed by atoms with Gasteiger partial charge in [0.1, 0.15) is 23.0 Å². The van der Waals surface area contributed by atoms with Crippen molar-refractivity contribution in [3.63, 3.8) is 0 Å². The number of hydrogen-bond donors (Lipinski definition) is 1. The molecular formula is C111H86B3N7O2. The highest BCUT2D eigenvalue weighted by Gasteiger charge is 2.51. The van der Waals surface area contributed by atoms with Gasteiger partial charge in [0.05, 0.1) is 67.1 Å². The molecule has 0 saturated heterocycles. The van der Waals surface area contributed by atoms with Crippen molar-refractivity contribution in [1.29, 1.82) is 0 Å². The molecule has 9 nitrogen and oxygen atoms in total. The molecule has 10 heterocycles. The second kappa shape index (κ2) is 24.6. The van der Waals surface area contributed by atoms with E-state index in [4.69, 9.17) is 9.47 Å². The number of anilines is 8. The summed E-state index contributed by atoms with van der Waals surface area (Å²) in [5, 5.41) is 14.3. The smallest absolute Gasteiger partial charge is 0.256 e. The fraction of sp³-hybridized carbons (Fsp3) is 0.135. The lowest BCUT2D eigenvalue weighted by molar-refractivity contribution is 0.487. The van der Waals surface area contributed by atoms with E-state index in [0.717, 1.165) is 129 Å². The zero-order valence-electron chi connectivity index (χ0n) is 71.8. The van der Waals surface area contributed by atoms with E-state index in [1.54, 1.807) is 0 Å². The first kappa shape index (κ1) is 70.7. The number of nitrogens with zero attached hydrogens (tertiary/aromatic N) is 6. The number of fused-ring (bicyclic) bond motifs is 24. The van der Waals surface area contributed by atoms with Gasteiger partial charge in [-0.05, 0) is 303 Å². The third-order valence-electron chi connectivity index (χ3n) is 28.4. The van der Waals surface area contributed by atoms with Gasteiger partial charge < -0.3 is 42.9 Å².